The van der Waals surface area contributed by atoms with Crippen LogP contribution in [0.3, 0.4) is 0 Å². The number of hydrogen-bond acceptors (Lipinski definition) is 4. The number of rotatable bonds is 2. The number of benzene rings is 1. The number of nitrogens with zero attached hydrogens (tertiary/aromatic N) is 1. The van der Waals surface area contributed by atoms with Crippen molar-refractivity contribution in [3.63, 3.8) is 0 Å². The molecule has 0 aliphatic heterocycles. The van der Waals surface area contributed by atoms with Gasteiger partial charge in [0.15, 0.2) is 0 Å². The van der Waals surface area contributed by atoms with Gasteiger partial charge in [0.05, 0.1) is 6.20 Å². The monoisotopic (exact) mass is 372 g/mol. The van der Waals surface area contributed by atoms with E-state index in [4.69, 9.17) is 4.74 Å². The van der Waals surface area contributed by atoms with Crippen LogP contribution in [-0.2, 0) is 4.74 Å². The summed E-state index contributed by atoms with van der Waals surface area (Å²) in [5, 5.41) is 3.57. The van der Waals surface area contributed by atoms with Gasteiger partial charge in [-0.25, -0.2) is 14.2 Å². The van der Waals surface area contributed by atoms with Gasteiger partial charge in [-0.3, -0.25) is 5.32 Å². The average molecular weight is 373 g/mol. The fourth-order valence-corrected chi connectivity index (χ4v) is 2.70. The molecule has 21 heavy (non-hydrogen) atoms. The molecule has 0 fully saturated rings. The topological polar surface area (TPSA) is 51.2 Å². The van der Waals surface area contributed by atoms with Crippen molar-refractivity contribution in [3.05, 3.63) is 34.7 Å². The molecule has 1 aromatic carbocycles. The summed E-state index contributed by atoms with van der Waals surface area (Å²) in [7, 11) is 0. The third-order valence-electron chi connectivity index (χ3n) is 2.29. The molecule has 0 atom stereocenters. The molecule has 2 aromatic rings. The Hall–Kier alpha value is -1.47. The molecule has 7 heteroatoms. The summed E-state index contributed by atoms with van der Waals surface area (Å²) in [6.45, 7) is 5.34. The Balaban J connectivity index is 2.15. The third-order valence-corrected chi connectivity index (χ3v) is 3.73. The maximum absolute atomic E-state index is 13.8. The minimum atomic E-state index is -0.575. The second kappa shape index (κ2) is 6.11. The third kappa shape index (κ3) is 4.50. The molecule has 0 unspecified atom stereocenters. The lowest BCUT2D eigenvalue weighted by Gasteiger charge is -2.19. The highest BCUT2D eigenvalue weighted by atomic mass is 79.9. The average Bonchev–Trinajstić information content (AvgIpc) is 2.78. The summed E-state index contributed by atoms with van der Waals surface area (Å²) < 4.78 is 19.7. The maximum Gasteiger partial charge on any atom is 0.412 e. The highest BCUT2D eigenvalue weighted by Gasteiger charge is 2.17. The van der Waals surface area contributed by atoms with E-state index >= 15 is 0 Å². The lowest BCUT2D eigenvalue weighted by atomic mass is 10.2. The molecule has 1 N–H and O–H groups in total. The summed E-state index contributed by atoms with van der Waals surface area (Å²) in [5.74, 6) is -0.364. The number of thiazole rings is 1. The molecule has 1 amide bonds. The van der Waals surface area contributed by atoms with Crippen molar-refractivity contribution in [1.82, 2.24) is 4.98 Å². The first kappa shape index (κ1) is 15.9. The Bertz CT molecular complexity index is 667. The van der Waals surface area contributed by atoms with Crippen molar-refractivity contribution in [2.75, 3.05) is 5.32 Å². The second-order valence-electron chi connectivity index (χ2n) is 5.28. The zero-order valence-corrected chi connectivity index (χ0v) is 14.1. The van der Waals surface area contributed by atoms with Crippen LogP contribution < -0.4 is 5.32 Å². The normalized spacial score (nSPS) is 11.3. The standard InChI is InChI=1S/C14H14BrFN2O2S/c1-14(2,3)20-13(19)18-11-7-17-12(21-11)9-6-8(15)4-5-10(9)16/h4-7H,1-3H3,(H,18,19). The van der Waals surface area contributed by atoms with Crippen molar-refractivity contribution < 1.29 is 13.9 Å². The molecule has 0 aliphatic rings. The lowest BCUT2D eigenvalue weighted by Crippen LogP contribution is -2.26. The number of hydrogen-bond donors (Lipinski definition) is 1. The first-order valence-corrected chi connectivity index (χ1v) is 7.77. The minimum absolute atomic E-state index is 0.364. The lowest BCUT2D eigenvalue weighted by molar-refractivity contribution is 0.0636. The van der Waals surface area contributed by atoms with E-state index in [2.05, 4.69) is 26.2 Å². The molecule has 0 bridgehead atoms. The number of nitrogens with one attached hydrogen (secondary N) is 1. The van der Waals surface area contributed by atoms with Crippen LogP contribution in [0.1, 0.15) is 20.8 Å². The molecule has 0 radical (unpaired) electrons. The first-order valence-electron chi connectivity index (χ1n) is 6.16. The van der Waals surface area contributed by atoms with Crippen LogP contribution in [0.25, 0.3) is 10.6 Å². The Kier molecular flexibility index (Phi) is 4.63. The number of carbonyl (C=O) groups is 1. The Morgan fingerprint density at radius 2 is 2.14 bits per heavy atom. The summed E-state index contributed by atoms with van der Waals surface area (Å²) >= 11 is 4.47. The van der Waals surface area contributed by atoms with Gasteiger partial charge in [-0.05, 0) is 39.0 Å². The highest BCUT2D eigenvalue weighted by Crippen LogP contribution is 2.32. The quantitative estimate of drug-likeness (QED) is 0.801. The number of amides is 1. The Morgan fingerprint density at radius 1 is 1.43 bits per heavy atom. The van der Waals surface area contributed by atoms with E-state index in [9.17, 15) is 9.18 Å². The van der Waals surface area contributed by atoms with Crippen LogP contribution in [0, 0.1) is 5.82 Å². The number of carbonyl (C=O) groups excluding carboxylic acids is 1. The van der Waals surface area contributed by atoms with Gasteiger partial charge in [-0.1, -0.05) is 27.3 Å². The van der Waals surface area contributed by atoms with Gasteiger partial charge in [-0.15, -0.1) is 0 Å². The van der Waals surface area contributed by atoms with Crippen molar-refractivity contribution in [2.45, 2.75) is 26.4 Å². The molecular weight excluding hydrogens is 359 g/mol. The van der Waals surface area contributed by atoms with E-state index in [-0.39, 0.29) is 5.82 Å². The Morgan fingerprint density at radius 3 is 2.81 bits per heavy atom. The van der Waals surface area contributed by atoms with Crippen LogP contribution in [0.4, 0.5) is 14.2 Å². The molecule has 1 heterocycles. The minimum Gasteiger partial charge on any atom is -0.444 e. The molecule has 0 saturated heterocycles. The van der Waals surface area contributed by atoms with Crippen molar-refractivity contribution >= 4 is 38.4 Å². The summed E-state index contributed by atoms with van der Waals surface area (Å²) in [4.78, 5) is 15.8. The van der Waals surface area contributed by atoms with Gasteiger partial charge in [0.2, 0.25) is 0 Å². The van der Waals surface area contributed by atoms with Crippen LogP contribution in [-0.4, -0.2) is 16.7 Å². The second-order valence-corrected chi connectivity index (χ2v) is 7.23. The molecule has 0 saturated carbocycles. The molecule has 112 valence electrons. The van der Waals surface area contributed by atoms with E-state index in [0.29, 0.717) is 15.6 Å². The van der Waals surface area contributed by atoms with Crippen LogP contribution in [0.2, 0.25) is 0 Å². The number of halogens is 2. The first-order chi connectivity index (χ1) is 9.74. The fourth-order valence-electron chi connectivity index (χ4n) is 1.52. The highest BCUT2D eigenvalue weighted by molar-refractivity contribution is 9.10. The molecule has 1 aromatic heterocycles. The van der Waals surface area contributed by atoms with Crippen molar-refractivity contribution in [2.24, 2.45) is 0 Å². The maximum atomic E-state index is 13.8. The fraction of sp³-hybridized carbons (Fsp3) is 0.286. The largest absolute Gasteiger partial charge is 0.444 e. The number of aromatic nitrogens is 1. The summed E-state index contributed by atoms with van der Waals surface area (Å²) in [5.41, 5.74) is -0.194. The Labute approximate surface area is 134 Å². The summed E-state index contributed by atoms with van der Waals surface area (Å²) in [6.07, 6.45) is 0.914. The molecule has 4 nitrogen and oxygen atoms in total. The van der Waals surface area contributed by atoms with Gasteiger partial charge in [0.1, 0.15) is 21.4 Å². The van der Waals surface area contributed by atoms with Gasteiger partial charge in [0, 0.05) is 10.0 Å². The van der Waals surface area contributed by atoms with Crippen molar-refractivity contribution in [3.8, 4) is 10.6 Å². The van der Waals surface area contributed by atoms with E-state index in [1.54, 1.807) is 32.9 Å². The smallest absolute Gasteiger partial charge is 0.412 e. The van der Waals surface area contributed by atoms with Gasteiger partial charge >= 0.3 is 6.09 Å². The van der Waals surface area contributed by atoms with Crippen LogP contribution >= 0.6 is 27.3 Å². The van der Waals surface area contributed by atoms with E-state index < -0.39 is 11.7 Å². The zero-order valence-electron chi connectivity index (χ0n) is 11.7. The SMILES string of the molecule is CC(C)(C)OC(=O)Nc1cnc(-c2cc(Br)ccc2F)s1. The predicted molar refractivity (Wildman–Crippen MR) is 85.1 cm³/mol. The molecular formula is C14H14BrFN2O2S. The van der Waals surface area contributed by atoms with Crippen molar-refractivity contribution in [1.29, 1.82) is 0 Å². The number of ether oxygens (including phenoxy) is 1. The van der Waals surface area contributed by atoms with Crippen LogP contribution in [0.5, 0.6) is 0 Å². The zero-order chi connectivity index (χ0) is 15.6. The molecule has 2 rings (SSSR count). The van der Waals surface area contributed by atoms with E-state index in [1.165, 1.54) is 23.6 Å². The van der Waals surface area contributed by atoms with E-state index in [0.717, 1.165) is 4.47 Å². The van der Waals surface area contributed by atoms with Gasteiger partial charge in [0.25, 0.3) is 0 Å². The predicted octanol–water partition coefficient (Wildman–Crippen LogP) is 5.06. The molecule has 0 spiro atoms. The van der Waals surface area contributed by atoms with E-state index in [1.807, 2.05) is 0 Å². The van der Waals surface area contributed by atoms with Gasteiger partial charge in [-0.2, -0.15) is 0 Å². The number of anilines is 1. The van der Waals surface area contributed by atoms with Gasteiger partial charge < -0.3 is 4.74 Å². The molecule has 0 aliphatic carbocycles. The van der Waals surface area contributed by atoms with Crippen LogP contribution in [0.15, 0.2) is 28.9 Å². The summed E-state index contributed by atoms with van der Waals surface area (Å²) in [6, 6.07) is 4.62.